The summed E-state index contributed by atoms with van der Waals surface area (Å²) in [6.07, 6.45) is 1.09. The van der Waals surface area contributed by atoms with Crippen LogP contribution in [0.5, 0.6) is 5.75 Å². The fraction of sp³-hybridized carbons (Fsp3) is 0.111. The fourth-order valence-corrected chi connectivity index (χ4v) is 2.07. The molecule has 16 heavy (non-hydrogen) atoms. The van der Waals surface area contributed by atoms with Crippen molar-refractivity contribution >= 4 is 25.8 Å². The first-order valence-electron chi connectivity index (χ1n) is 4.15. The molecular weight excluding hydrogens is 262 g/mol. The summed E-state index contributed by atoms with van der Waals surface area (Å²) in [5.41, 5.74) is 0.0166. The van der Waals surface area contributed by atoms with Gasteiger partial charge in [0.2, 0.25) is 0 Å². The van der Waals surface area contributed by atoms with Crippen LogP contribution in [-0.2, 0) is 9.05 Å². The van der Waals surface area contributed by atoms with Crippen molar-refractivity contribution in [3.63, 3.8) is 0 Å². The molecular formula is C9H5ClF2O3S. The zero-order chi connectivity index (χ0) is 11.9. The van der Waals surface area contributed by atoms with E-state index in [-0.39, 0.29) is 22.8 Å². The normalized spacial score (nSPS) is 15.1. The lowest BCUT2D eigenvalue weighted by atomic mass is 10.1. The van der Waals surface area contributed by atoms with Gasteiger partial charge in [0.05, 0.1) is 4.91 Å². The monoisotopic (exact) mass is 266 g/mol. The maximum atomic E-state index is 13.2. The van der Waals surface area contributed by atoms with Crippen LogP contribution >= 0.6 is 10.7 Å². The summed E-state index contributed by atoms with van der Waals surface area (Å²) in [5, 5.41) is 0. The van der Waals surface area contributed by atoms with E-state index in [1.54, 1.807) is 0 Å². The van der Waals surface area contributed by atoms with Crippen LogP contribution in [0.15, 0.2) is 17.0 Å². The molecule has 0 saturated heterocycles. The Morgan fingerprint density at radius 3 is 2.62 bits per heavy atom. The van der Waals surface area contributed by atoms with Crippen molar-refractivity contribution in [1.82, 2.24) is 0 Å². The van der Waals surface area contributed by atoms with Crippen LogP contribution < -0.4 is 4.74 Å². The number of halogens is 3. The molecule has 0 fully saturated rings. The van der Waals surface area contributed by atoms with E-state index < -0.39 is 20.7 Å². The molecule has 0 spiro atoms. The number of rotatable bonds is 1. The molecule has 3 nitrogen and oxygen atoms in total. The summed E-state index contributed by atoms with van der Waals surface area (Å²) in [6, 6.07) is 1.63. The Bertz CT molecular complexity index is 581. The molecule has 1 aliphatic rings. The molecule has 0 atom stereocenters. The number of hydrogen-bond donors (Lipinski definition) is 0. The molecule has 1 aromatic carbocycles. The number of fused-ring (bicyclic) bond motifs is 1. The van der Waals surface area contributed by atoms with Gasteiger partial charge in [-0.2, -0.15) is 0 Å². The van der Waals surface area contributed by atoms with E-state index in [0.29, 0.717) is 6.07 Å². The van der Waals surface area contributed by atoms with Gasteiger partial charge in [0, 0.05) is 22.3 Å². The summed E-state index contributed by atoms with van der Waals surface area (Å²) in [4.78, 5) is -0.230. The second-order valence-corrected chi connectivity index (χ2v) is 5.76. The summed E-state index contributed by atoms with van der Waals surface area (Å²) in [6.45, 7) is -0.360. The largest absolute Gasteiger partial charge is 0.484 e. The number of ether oxygens (including phenoxy) is 1. The molecule has 0 radical (unpaired) electrons. The molecule has 0 unspecified atom stereocenters. The van der Waals surface area contributed by atoms with Crippen molar-refractivity contribution in [2.24, 2.45) is 0 Å². The Hall–Kier alpha value is -1.14. The zero-order valence-electron chi connectivity index (χ0n) is 7.71. The van der Waals surface area contributed by atoms with Gasteiger partial charge in [-0.3, -0.25) is 0 Å². The van der Waals surface area contributed by atoms with Crippen LogP contribution in [0.1, 0.15) is 5.56 Å². The van der Waals surface area contributed by atoms with Gasteiger partial charge in [0.25, 0.3) is 9.05 Å². The molecule has 0 amide bonds. The fourth-order valence-electron chi connectivity index (χ4n) is 1.34. The van der Waals surface area contributed by atoms with E-state index in [4.69, 9.17) is 15.4 Å². The van der Waals surface area contributed by atoms with E-state index in [2.05, 4.69) is 0 Å². The first kappa shape index (κ1) is 11.3. The molecule has 1 heterocycles. The minimum Gasteiger partial charge on any atom is -0.484 e. The first-order chi connectivity index (χ1) is 7.38. The highest BCUT2D eigenvalue weighted by Gasteiger charge is 2.23. The van der Waals surface area contributed by atoms with E-state index in [9.17, 15) is 17.2 Å². The second-order valence-electron chi connectivity index (χ2n) is 3.14. The standard InChI is InChI=1S/C9H5ClF2O3S/c10-16(13,14)7-2-5-1-6(11)3-8(12)9(5)15-4-7/h1-3H,4H2. The Kier molecular flexibility index (Phi) is 2.63. The van der Waals surface area contributed by atoms with Crippen LogP contribution in [0.3, 0.4) is 0 Å². The van der Waals surface area contributed by atoms with Gasteiger partial charge in [-0.25, -0.2) is 17.2 Å². The van der Waals surface area contributed by atoms with Crippen molar-refractivity contribution < 1.29 is 21.9 Å². The topological polar surface area (TPSA) is 43.4 Å². The third-order valence-electron chi connectivity index (χ3n) is 2.03. The SMILES string of the molecule is O=S(=O)(Cl)C1=Cc2cc(F)cc(F)c2OC1. The lowest BCUT2D eigenvalue weighted by Crippen LogP contribution is -2.13. The highest BCUT2D eigenvalue weighted by Crippen LogP contribution is 2.32. The summed E-state index contributed by atoms with van der Waals surface area (Å²) in [7, 11) is 1.16. The second kappa shape index (κ2) is 3.71. The number of hydrogen-bond acceptors (Lipinski definition) is 3. The van der Waals surface area contributed by atoms with E-state index in [1.807, 2.05) is 0 Å². The molecule has 2 rings (SSSR count). The van der Waals surface area contributed by atoms with Crippen LogP contribution in [0.25, 0.3) is 6.08 Å². The maximum absolute atomic E-state index is 13.2. The maximum Gasteiger partial charge on any atom is 0.260 e. The van der Waals surface area contributed by atoms with Crippen LogP contribution in [0.4, 0.5) is 8.78 Å². The average Bonchev–Trinajstić information content (AvgIpc) is 2.15. The zero-order valence-corrected chi connectivity index (χ0v) is 9.28. The molecule has 86 valence electrons. The lowest BCUT2D eigenvalue weighted by molar-refractivity contribution is 0.331. The van der Waals surface area contributed by atoms with Gasteiger partial charge in [-0.15, -0.1) is 0 Å². The smallest absolute Gasteiger partial charge is 0.260 e. The van der Waals surface area contributed by atoms with Crippen LogP contribution in [0.2, 0.25) is 0 Å². The van der Waals surface area contributed by atoms with Crippen molar-refractivity contribution in [2.75, 3.05) is 6.61 Å². The molecule has 0 aliphatic carbocycles. The Balaban J connectivity index is 2.60. The Labute approximate surface area is 94.7 Å². The highest BCUT2D eigenvalue weighted by molar-refractivity contribution is 8.17. The van der Waals surface area contributed by atoms with Gasteiger partial charge in [0.15, 0.2) is 11.6 Å². The minimum absolute atomic E-state index is 0.0166. The molecule has 0 aromatic heterocycles. The van der Waals surface area contributed by atoms with Crippen LogP contribution in [-0.4, -0.2) is 15.0 Å². The summed E-state index contributed by atoms with van der Waals surface area (Å²) >= 11 is 0. The summed E-state index contributed by atoms with van der Waals surface area (Å²) in [5.74, 6) is -1.87. The third kappa shape index (κ3) is 2.03. The predicted octanol–water partition coefficient (Wildman–Crippen LogP) is 2.27. The molecule has 0 N–H and O–H groups in total. The van der Waals surface area contributed by atoms with E-state index >= 15 is 0 Å². The Morgan fingerprint density at radius 2 is 2.00 bits per heavy atom. The summed E-state index contributed by atoms with van der Waals surface area (Å²) < 4.78 is 52.9. The Morgan fingerprint density at radius 1 is 1.31 bits per heavy atom. The average molecular weight is 267 g/mol. The van der Waals surface area contributed by atoms with Crippen molar-refractivity contribution in [2.45, 2.75) is 0 Å². The molecule has 1 aromatic rings. The quantitative estimate of drug-likeness (QED) is 0.733. The van der Waals surface area contributed by atoms with Gasteiger partial charge < -0.3 is 4.74 Å². The van der Waals surface area contributed by atoms with Gasteiger partial charge in [0.1, 0.15) is 12.4 Å². The van der Waals surface area contributed by atoms with E-state index in [1.165, 1.54) is 0 Å². The predicted molar refractivity (Wildman–Crippen MR) is 54.6 cm³/mol. The van der Waals surface area contributed by atoms with Crippen molar-refractivity contribution in [3.05, 3.63) is 34.2 Å². The van der Waals surface area contributed by atoms with Crippen molar-refractivity contribution in [1.29, 1.82) is 0 Å². The minimum atomic E-state index is -3.93. The van der Waals surface area contributed by atoms with Crippen LogP contribution in [0, 0.1) is 11.6 Å². The van der Waals surface area contributed by atoms with Gasteiger partial charge in [-0.1, -0.05) is 0 Å². The first-order valence-corrected chi connectivity index (χ1v) is 6.46. The molecule has 7 heteroatoms. The molecule has 1 aliphatic heterocycles. The van der Waals surface area contributed by atoms with Gasteiger partial charge >= 0.3 is 0 Å². The lowest BCUT2D eigenvalue weighted by Gasteiger charge is -2.16. The third-order valence-corrected chi connectivity index (χ3v) is 3.48. The molecule has 0 bridgehead atoms. The van der Waals surface area contributed by atoms with E-state index in [0.717, 1.165) is 12.1 Å². The number of benzene rings is 1. The van der Waals surface area contributed by atoms with Gasteiger partial charge in [-0.05, 0) is 12.1 Å². The highest BCUT2D eigenvalue weighted by atomic mass is 35.7. The van der Waals surface area contributed by atoms with Crippen molar-refractivity contribution in [3.8, 4) is 5.75 Å². The molecule has 0 saturated carbocycles.